The lowest BCUT2D eigenvalue weighted by Gasteiger charge is -2.35. The van der Waals surface area contributed by atoms with E-state index in [0.29, 0.717) is 13.1 Å². The van der Waals surface area contributed by atoms with E-state index in [9.17, 15) is 9.90 Å². The molecule has 1 aliphatic heterocycles. The molecule has 1 saturated heterocycles. The Morgan fingerprint density at radius 2 is 1.67 bits per heavy atom. The number of benzene rings is 2. The SMILES string of the molecule is O=C1C(O)O[C@H](c2ccccc2)CN1Cc1ccccc1. The highest BCUT2D eigenvalue weighted by atomic mass is 16.6. The van der Waals surface area contributed by atoms with Crippen LogP contribution in [0.2, 0.25) is 0 Å². The lowest BCUT2D eigenvalue weighted by Crippen LogP contribution is -2.48. The molecule has 1 heterocycles. The predicted octanol–water partition coefficient (Wildman–Crippen LogP) is 2.11. The minimum absolute atomic E-state index is 0.303. The number of aliphatic hydroxyl groups excluding tert-OH is 1. The predicted molar refractivity (Wildman–Crippen MR) is 78.1 cm³/mol. The number of amides is 1. The van der Waals surface area contributed by atoms with Crippen molar-refractivity contribution in [3.63, 3.8) is 0 Å². The number of ether oxygens (including phenoxy) is 1. The fraction of sp³-hybridized carbons (Fsp3) is 0.235. The van der Waals surface area contributed by atoms with Crippen LogP contribution in [0.25, 0.3) is 0 Å². The second-order valence-electron chi connectivity index (χ2n) is 5.09. The number of rotatable bonds is 3. The largest absolute Gasteiger partial charge is 0.360 e. The summed E-state index contributed by atoms with van der Waals surface area (Å²) in [5, 5.41) is 9.84. The topological polar surface area (TPSA) is 49.8 Å². The van der Waals surface area contributed by atoms with E-state index in [1.54, 1.807) is 4.90 Å². The Bertz CT molecular complexity index is 600. The van der Waals surface area contributed by atoms with Crippen molar-refractivity contribution in [3.05, 3.63) is 71.8 Å². The zero-order chi connectivity index (χ0) is 14.7. The van der Waals surface area contributed by atoms with Crippen LogP contribution < -0.4 is 0 Å². The van der Waals surface area contributed by atoms with Gasteiger partial charge < -0.3 is 14.7 Å². The summed E-state index contributed by atoms with van der Waals surface area (Å²) in [7, 11) is 0. The molecule has 4 heteroatoms. The molecule has 0 aromatic heterocycles. The molecule has 1 unspecified atom stereocenters. The van der Waals surface area contributed by atoms with Gasteiger partial charge in [-0.3, -0.25) is 4.79 Å². The van der Waals surface area contributed by atoms with Gasteiger partial charge in [0, 0.05) is 6.54 Å². The van der Waals surface area contributed by atoms with Crippen LogP contribution >= 0.6 is 0 Å². The number of hydrogen-bond donors (Lipinski definition) is 1. The van der Waals surface area contributed by atoms with Gasteiger partial charge in [0.15, 0.2) is 0 Å². The van der Waals surface area contributed by atoms with Crippen LogP contribution in [0.15, 0.2) is 60.7 Å². The van der Waals surface area contributed by atoms with Crippen LogP contribution in [0.3, 0.4) is 0 Å². The maximum absolute atomic E-state index is 12.1. The monoisotopic (exact) mass is 283 g/mol. The van der Waals surface area contributed by atoms with Crippen LogP contribution in [-0.4, -0.2) is 28.7 Å². The van der Waals surface area contributed by atoms with Crippen molar-refractivity contribution in [3.8, 4) is 0 Å². The standard InChI is InChI=1S/C17H17NO3/c19-16-17(20)21-15(14-9-5-2-6-10-14)12-18(16)11-13-7-3-1-4-8-13/h1-10,15,17,20H,11-12H2/t15-,17?/m0/s1. The Kier molecular flexibility index (Phi) is 3.99. The van der Waals surface area contributed by atoms with E-state index in [1.165, 1.54) is 0 Å². The van der Waals surface area contributed by atoms with E-state index in [0.717, 1.165) is 11.1 Å². The summed E-state index contributed by atoms with van der Waals surface area (Å²) in [6.45, 7) is 0.915. The number of carbonyl (C=O) groups is 1. The normalized spacial score (nSPS) is 22.3. The van der Waals surface area contributed by atoms with E-state index in [1.807, 2.05) is 60.7 Å². The molecule has 1 fully saturated rings. The van der Waals surface area contributed by atoms with E-state index < -0.39 is 6.29 Å². The molecule has 2 aromatic carbocycles. The first-order chi connectivity index (χ1) is 10.2. The number of hydrogen-bond acceptors (Lipinski definition) is 3. The van der Waals surface area contributed by atoms with E-state index in [2.05, 4.69) is 0 Å². The van der Waals surface area contributed by atoms with Crippen LogP contribution in [0.5, 0.6) is 0 Å². The third-order valence-electron chi connectivity index (χ3n) is 3.59. The zero-order valence-electron chi connectivity index (χ0n) is 11.6. The summed E-state index contributed by atoms with van der Waals surface area (Å²) < 4.78 is 5.42. The molecule has 21 heavy (non-hydrogen) atoms. The molecule has 2 aromatic rings. The van der Waals surface area contributed by atoms with Gasteiger partial charge in [-0.05, 0) is 11.1 Å². The van der Waals surface area contributed by atoms with Crippen molar-refractivity contribution < 1.29 is 14.6 Å². The third kappa shape index (κ3) is 3.12. The molecule has 1 N–H and O–H groups in total. The fourth-order valence-corrected chi connectivity index (χ4v) is 2.50. The van der Waals surface area contributed by atoms with Gasteiger partial charge in [0.2, 0.25) is 6.29 Å². The highest BCUT2D eigenvalue weighted by Gasteiger charge is 2.34. The molecular weight excluding hydrogens is 266 g/mol. The van der Waals surface area contributed by atoms with Crippen LogP contribution in [0.4, 0.5) is 0 Å². The Morgan fingerprint density at radius 3 is 2.33 bits per heavy atom. The average Bonchev–Trinajstić information content (AvgIpc) is 2.53. The molecule has 0 radical (unpaired) electrons. The van der Waals surface area contributed by atoms with E-state index in [-0.39, 0.29) is 12.0 Å². The van der Waals surface area contributed by atoms with Crippen LogP contribution in [0, 0.1) is 0 Å². The maximum Gasteiger partial charge on any atom is 0.279 e. The molecule has 0 aliphatic carbocycles. The summed E-state index contributed by atoms with van der Waals surface area (Å²) in [6.07, 6.45) is -1.70. The Balaban J connectivity index is 1.78. The van der Waals surface area contributed by atoms with Gasteiger partial charge >= 0.3 is 0 Å². The number of carbonyl (C=O) groups excluding carboxylic acids is 1. The summed E-state index contributed by atoms with van der Waals surface area (Å²) >= 11 is 0. The first-order valence-electron chi connectivity index (χ1n) is 6.95. The van der Waals surface area contributed by atoms with Crippen molar-refractivity contribution in [2.45, 2.75) is 18.9 Å². The van der Waals surface area contributed by atoms with E-state index in [4.69, 9.17) is 4.74 Å². The number of aliphatic hydroxyl groups is 1. The van der Waals surface area contributed by atoms with Crippen molar-refractivity contribution >= 4 is 5.91 Å². The lowest BCUT2D eigenvalue weighted by molar-refractivity contribution is -0.202. The summed E-state index contributed by atoms with van der Waals surface area (Å²) in [4.78, 5) is 13.7. The summed E-state index contributed by atoms with van der Waals surface area (Å²) in [5.74, 6) is -0.383. The third-order valence-corrected chi connectivity index (χ3v) is 3.59. The number of morpholine rings is 1. The van der Waals surface area contributed by atoms with Gasteiger partial charge in [0.1, 0.15) is 6.10 Å². The van der Waals surface area contributed by atoms with Gasteiger partial charge in [-0.25, -0.2) is 0 Å². The van der Waals surface area contributed by atoms with Crippen molar-refractivity contribution in [2.24, 2.45) is 0 Å². The quantitative estimate of drug-likeness (QED) is 0.938. The maximum atomic E-state index is 12.1. The molecule has 0 bridgehead atoms. The highest BCUT2D eigenvalue weighted by molar-refractivity contribution is 5.80. The molecule has 1 amide bonds. The molecule has 4 nitrogen and oxygen atoms in total. The number of nitrogens with zero attached hydrogens (tertiary/aromatic N) is 1. The summed E-state index contributed by atoms with van der Waals surface area (Å²) in [6, 6.07) is 19.4. The van der Waals surface area contributed by atoms with Crippen LogP contribution in [0.1, 0.15) is 17.2 Å². The molecule has 1 aliphatic rings. The van der Waals surface area contributed by atoms with Gasteiger partial charge in [-0.1, -0.05) is 60.7 Å². The Hall–Kier alpha value is -2.17. The smallest absolute Gasteiger partial charge is 0.279 e. The highest BCUT2D eigenvalue weighted by Crippen LogP contribution is 2.26. The first kappa shape index (κ1) is 13.8. The van der Waals surface area contributed by atoms with Gasteiger partial charge in [-0.2, -0.15) is 0 Å². The Labute approximate surface area is 123 Å². The van der Waals surface area contributed by atoms with Gasteiger partial charge in [-0.15, -0.1) is 0 Å². The molecule has 2 atom stereocenters. The minimum atomic E-state index is -1.40. The van der Waals surface area contributed by atoms with Crippen molar-refractivity contribution in [2.75, 3.05) is 6.54 Å². The molecule has 3 rings (SSSR count). The van der Waals surface area contributed by atoms with Crippen LogP contribution in [-0.2, 0) is 16.1 Å². The second-order valence-corrected chi connectivity index (χ2v) is 5.09. The molecular formula is C17H17NO3. The van der Waals surface area contributed by atoms with Gasteiger partial charge in [0.05, 0.1) is 6.54 Å². The van der Waals surface area contributed by atoms with Gasteiger partial charge in [0.25, 0.3) is 5.91 Å². The average molecular weight is 283 g/mol. The molecule has 0 saturated carbocycles. The summed E-state index contributed by atoms with van der Waals surface area (Å²) in [5.41, 5.74) is 1.99. The molecule has 0 spiro atoms. The van der Waals surface area contributed by atoms with Crippen molar-refractivity contribution in [1.82, 2.24) is 4.90 Å². The first-order valence-corrected chi connectivity index (χ1v) is 6.95. The molecule has 108 valence electrons. The zero-order valence-corrected chi connectivity index (χ0v) is 11.6. The van der Waals surface area contributed by atoms with E-state index >= 15 is 0 Å². The Morgan fingerprint density at radius 1 is 1.05 bits per heavy atom. The van der Waals surface area contributed by atoms with Crippen molar-refractivity contribution in [1.29, 1.82) is 0 Å². The fourth-order valence-electron chi connectivity index (χ4n) is 2.50. The second kappa shape index (κ2) is 6.08. The minimum Gasteiger partial charge on any atom is -0.360 e. The lowest BCUT2D eigenvalue weighted by atomic mass is 10.1.